The van der Waals surface area contributed by atoms with E-state index < -0.39 is 0 Å². The molecule has 1 fully saturated rings. The van der Waals surface area contributed by atoms with Crippen LogP contribution in [0.5, 0.6) is 0 Å². The third-order valence-corrected chi connectivity index (χ3v) is 3.04. The van der Waals surface area contributed by atoms with Crippen molar-refractivity contribution in [1.29, 1.82) is 0 Å². The lowest BCUT2D eigenvalue weighted by molar-refractivity contribution is -0.138. The number of nitrogens with zero attached hydrogens (tertiary/aromatic N) is 1. The molecule has 1 unspecified atom stereocenters. The Labute approximate surface area is 104 Å². The molecule has 0 aliphatic carbocycles. The number of rotatable bonds is 7. The molecule has 1 atom stereocenters. The molecule has 0 spiro atoms. The Morgan fingerprint density at radius 1 is 1.41 bits per heavy atom. The number of nitrogens with one attached hydrogen (secondary N) is 1. The lowest BCUT2D eigenvalue weighted by atomic mass is 10.1. The highest BCUT2D eigenvalue weighted by Crippen LogP contribution is 2.13. The molecule has 0 bridgehead atoms. The van der Waals surface area contributed by atoms with Gasteiger partial charge in [-0.05, 0) is 31.7 Å². The van der Waals surface area contributed by atoms with Crippen molar-refractivity contribution in [3.8, 4) is 0 Å². The van der Waals surface area contributed by atoms with Crippen LogP contribution in [0.25, 0.3) is 0 Å². The van der Waals surface area contributed by atoms with Crippen LogP contribution in [-0.2, 0) is 9.59 Å². The number of carbonyl (C=O) groups excluding carboxylic acids is 2. The first-order valence-electron chi connectivity index (χ1n) is 6.63. The Morgan fingerprint density at radius 3 is 2.71 bits per heavy atom. The van der Waals surface area contributed by atoms with E-state index in [0.717, 1.165) is 25.8 Å². The van der Waals surface area contributed by atoms with Crippen molar-refractivity contribution in [2.45, 2.75) is 52.5 Å². The topological polar surface area (TPSA) is 49.4 Å². The zero-order valence-corrected chi connectivity index (χ0v) is 11.2. The maximum atomic E-state index is 11.9. The second-order valence-electron chi connectivity index (χ2n) is 5.13. The van der Waals surface area contributed by atoms with Crippen LogP contribution in [0.2, 0.25) is 0 Å². The molecule has 4 heteroatoms. The number of imide groups is 1. The summed E-state index contributed by atoms with van der Waals surface area (Å²) < 4.78 is 0. The van der Waals surface area contributed by atoms with Gasteiger partial charge in [0, 0.05) is 6.54 Å². The second-order valence-corrected chi connectivity index (χ2v) is 5.13. The molecule has 4 nitrogen and oxygen atoms in total. The quantitative estimate of drug-likeness (QED) is 0.542. The smallest absolute Gasteiger partial charge is 0.246 e. The summed E-state index contributed by atoms with van der Waals surface area (Å²) in [7, 11) is 0. The van der Waals surface area contributed by atoms with Gasteiger partial charge in [-0.15, -0.1) is 0 Å². The number of hydrogen-bond donors (Lipinski definition) is 1. The number of likely N-dealkylation sites (tertiary alicyclic amines) is 1. The summed E-state index contributed by atoms with van der Waals surface area (Å²) in [4.78, 5) is 24.9. The molecule has 98 valence electrons. The SMILES string of the molecule is CCCN1C(=O)CC(NCCCC(C)C)C1=O. The predicted molar refractivity (Wildman–Crippen MR) is 67.5 cm³/mol. The van der Waals surface area contributed by atoms with Crippen molar-refractivity contribution < 1.29 is 9.59 Å². The van der Waals surface area contributed by atoms with Gasteiger partial charge in [0.25, 0.3) is 0 Å². The molecule has 1 N–H and O–H groups in total. The van der Waals surface area contributed by atoms with E-state index in [1.807, 2.05) is 6.92 Å². The van der Waals surface area contributed by atoms with E-state index >= 15 is 0 Å². The lowest BCUT2D eigenvalue weighted by Crippen LogP contribution is -2.39. The molecule has 1 saturated heterocycles. The van der Waals surface area contributed by atoms with Gasteiger partial charge in [-0.25, -0.2) is 0 Å². The first-order valence-corrected chi connectivity index (χ1v) is 6.63. The van der Waals surface area contributed by atoms with Gasteiger partial charge in [0.2, 0.25) is 11.8 Å². The summed E-state index contributed by atoms with van der Waals surface area (Å²) in [6, 6.07) is -0.277. The van der Waals surface area contributed by atoms with E-state index in [4.69, 9.17) is 0 Å². The molecule has 2 amide bonds. The number of carbonyl (C=O) groups is 2. The molecule has 0 aromatic heterocycles. The molecule has 17 heavy (non-hydrogen) atoms. The Kier molecular flexibility index (Phi) is 5.62. The van der Waals surface area contributed by atoms with Gasteiger partial charge in [-0.2, -0.15) is 0 Å². The van der Waals surface area contributed by atoms with Crippen LogP contribution in [-0.4, -0.2) is 35.8 Å². The van der Waals surface area contributed by atoms with Gasteiger partial charge >= 0.3 is 0 Å². The van der Waals surface area contributed by atoms with E-state index in [1.54, 1.807) is 0 Å². The third-order valence-electron chi connectivity index (χ3n) is 3.04. The van der Waals surface area contributed by atoms with E-state index in [-0.39, 0.29) is 17.9 Å². The van der Waals surface area contributed by atoms with Crippen molar-refractivity contribution in [3.05, 3.63) is 0 Å². The number of amides is 2. The van der Waals surface area contributed by atoms with Crippen LogP contribution < -0.4 is 5.32 Å². The highest BCUT2D eigenvalue weighted by Gasteiger charge is 2.37. The maximum absolute atomic E-state index is 11.9. The van der Waals surface area contributed by atoms with Crippen molar-refractivity contribution in [2.24, 2.45) is 5.92 Å². The Balaban J connectivity index is 2.31. The van der Waals surface area contributed by atoms with E-state index in [9.17, 15) is 9.59 Å². The van der Waals surface area contributed by atoms with Gasteiger partial charge in [-0.3, -0.25) is 14.5 Å². The summed E-state index contributed by atoms with van der Waals surface area (Å²) in [6.45, 7) is 7.73. The molecule has 1 heterocycles. The van der Waals surface area contributed by atoms with Crippen LogP contribution in [0, 0.1) is 5.92 Å². The first-order chi connectivity index (χ1) is 8.06. The molecule has 0 radical (unpaired) electrons. The monoisotopic (exact) mass is 240 g/mol. The van der Waals surface area contributed by atoms with Gasteiger partial charge in [0.15, 0.2) is 0 Å². The molecule has 0 aromatic rings. The van der Waals surface area contributed by atoms with E-state index in [2.05, 4.69) is 19.2 Å². The van der Waals surface area contributed by atoms with Crippen LogP contribution in [0.3, 0.4) is 0 Å². The fraction of sp³-hybridized carbons (Fsp3) is 0.846. The minimum Gasteiger partial charge on any atom is -0.305 e. The van der Waals surface area contributed by atoms with Crippen LogP contribution in [0.15, 0.2) is 0 Å². The van der Waals surface area contributed by atoms with Crippen molar-refractivity contribution in [2.75, 3.05) is 13.1 Å². The highest BCUT2D eigenvalue weighted by atomic mass is 16.2. The normalized spacial score (nSPS) is 20.7. The van der Waals surface area contributed by atoms with Crippen molar-refractivity contribution in [3.63, 3.8) is 0 Å². The molecular weight excluding hydrogens is 216 g/mol. The van der Waals surface area contributed by atoms with E-state index in [1.165, 1.54) is 4.90 Å². The summed E-state index contributed by atoms with van der Waals surface area (Å²) in [5.41, 5.74) is 0. The van der Waals surface area contributed by atoms with Gasteiger partial charge in [0.05, 0.1) is 12.5 Å². The Bertz CT molecular complexity index is 277. The maximum Gasteiger partial charge on any atom is 0.246 e. The lowest BCUT2D eigenvalue weighted by Gasteiger charge is -2.14. The molecular formula is C13H24N2O2. The molecule has 1 rings (SSSR count). The minimum atomic E-state index is -0.277. The average molecular weight is 240 g/mol. The Hall–Kier alpha value is -0.900. The molecule has 0 saturated carbocycles. The zero-order chi connectivity index (χ0) is 12.8. The second kappa shape index (κ2) is 6.74. The fourth-order valence-corrected chi connectivity index (χ4v) is 2.09. The number of hydrogen-bond acceptors (Lipinski definition) is 3. The summed E-state index contributed by atoms with van der Waals surface area (Å²) in [5, 5.41) is 3.19. The van der Waals surface area contributed by atoms with E-state index in [0.29, 0.717) is 18.9 Å². The summed E-state index contributed by atoms with van der Waals surface area (Å²) in [5.74, 6) is 0.619. The fourth-order valence-electron chi connectivity index (χ4n) is 2.09. The molecule has 1 aliphatic heterocycles. The predicted octanol–water partition coefficient (Wildman–Crippen LogP) is 1.55. The highest BCUT2D eigenvalue weighted by molar-refractivity contribution is 6.05. The van der Waals surface area contributed by atoms with Gasteiger partial charge in [-0.1, -0.05) is 20.8 Å². The summed E-state index contributed by atoms with van der Waals surface area (Å²) in [6.07, 6.45) is 3.38. The molecule has 0 aromatic carbocycles. The summed E-state index contributed by atoms with van der Waals surface area (Å²) >= 11 is 0. The molecule has 1 aliphatic rings. The standard InChI is InChI=1S/C13H24N2O2/c1-4-8-15-12(16)9-11(13(15)17)14-7-5-6-10(2)3/h10-11,14H,4-9H2,1-3H3. The Morgan fingerprint density at radius 2 is 2.12 bits per heavy atom. The van der Waals surface area contributed by atoms with Crippen molar-refractivity contribution in [1.82, 2.24) is 10.2 Å². The minimum absolute atomic E-state index is 0.0294. The average Bonchev–Trinajstić information content (AvgIpc) is 2.52. The van der Waals surface area contributed by atoms with Crippen LogP contribution >= 0.6 is 0 Å². The third kappa shape index (κ3) is 4.11. The van der Waals surface area contributed by atoms with Crippen LogP contribution in [0.4, 0.5) is 0 Å². The first kappa shape index (κ1) is 14.2. The van der Waals surface area contributed by atoms with Crippen molar-refractivity contribution >= 4 is 11.8 Å². The van der Waals surface area contributed by atoms with Gasteiger partial charge in [0.1, 0.15) is 0 Å². The largest absolute Gasteiger partial charge is 0.305 e. The zero-order valence-electron chi connectivity index (χ0n) is 11.2. The van der Waals surface area contributed by atoms with Gasteiger partial charge < -0.3 is 5.32 Å². The van der Waals surface area contributed by atoms with Crippen LogP contribution in [0.1, 0.15) is 46.5 Å².